The molecule has 0 spiro atoms. The first-order valence-corrected chi connectivity index (χ1v) is 7.74. The summed E-state index contributed by atoms with van der Waals surface area (Å²) in [4.78, 5) is 0. The number of hydrogen-bond acceptors (Lipinski definition) is 6. The van der Waals surface area contributed by atoms with Crippen LogP contribution in [-0.4, -0.2) is 18.9 Å². The van der Waals surface area contributed by atoms with Crippen molar-refractivity contribution >= 4 is 17.0 Å². The van der Waals surface area contributed by atoms with Crippen molar-refractivity contribution < 1.29 is 4.74 Å². The first-order chi connectivity index (χ1) is 10.7. The molecule has 1 aliphatic carbocycles. The second-order valence-corrected chi connectivity index (χ2v) is 6.17. The minimum atomic E-state index is -1.62. The van der Waals surface area contributed by atoms with Gasteiger partial charge in [-0.3, -0.25) is 0 Å². The van der Waals surface area contributed by atoms with E-state index in [0.29, 0.717) is 13.2 Å². The molecule has 0 amide bonds. The van der Waals surface area contributed by atoms with Gasteiger partial charge in [-0.15, -0.1) is 0 Å². The summed E-state index contributed by atoms with van der Waals surface area (Å²) in [6.45, 7) is 0.767. The smallest absolute Gasteiger partial charge is 0.189 e. The Kier molecular flexibility index (Phi) is 3.54. The molecule has 3 rings (SSSR count). The number of rotatable bonds is 1. The zero-order valence-electron chi connectivity index (χ0n) is 11.6. The Morgan fingerprint density at radius 2 is 2.09 bits per heavy atom. The van der Waals surface area contributed by atoms with Gasteiger partial charge < -0.3 is 10.1 Å². The number of nitrogens with zero attached hydrogens (tertiary/aromatic N) is 3. The van der Waals surface area contributed by atoms with Gasteiger partial charge in [-0.25, -0.2) is 0 Å². The topological polar surface area (TPSA) is 104 Å². The Hall–Kier alpha value is -2.46. The maximum Gasteiger partial charge on any atom is 0.189 e. The van der Waals surface area contributed by atoms with Crippen LogP contribution < -0.4 is 0 Å². The molecule has 0 saturated heterocycles. The average molecular weight is 308 g/mol. The highest BCUT2D eigenvalue weighted by atomic mass is 32.1. The van der Waals surface area contributed by atoms with E-state index in [9.17, 15) is 15.8 Å². The van der Waals surface area contributed by atoms with Crippen LogP contribution in [0.15, 0.2) is 28.5 Å². The van der Waals surface area contributed by atoms with E-state index in [0.717, 1.165) is 11.1 Å². The van der Waals surface area contributed by atoms with Gasteiger partial charge in [0.2, 0.25) is 0 Å². The molecule has 0 unspecified atom stereocenters. The quantitative estimate of drug-likeness (QED) is 0.805. The molecule has 3 atom stereocenters. The molecule has 2 aliphatic rings. The molecule has 0 aromatic carbocycles. The third-order valence-corrected chi connectivity index (χ3v) is 5.16. The second-order valence-electron chi connectivity index (χ2n) is 5.39. The van der Waals surface area contributed by atoms with Crippen LogP contribution in [0, 0.1) is 56.7 Å². The highest BCUT2D eigenvalue weighted by molar-refractivity contribution is 7.08. The molecule has 1 N–H and O–H groups in total. The van der Waals surface area contributed by atoms with Gasteiger partial charge in [-0.1, -0.05) is 6.08 Å². The van der Waals surface area contributed by atoms with E-state index in [4.69, 9.17) is 10.1 Å². The third kappa shape index (κ3) is 1.81. The highest BCUT2D eigenvalue weighted by Crippen LogP contribution is 2.53. The molecular weight excluding hydrogens is 296 g/mol. The molecule has 6 heteroatoms. The van der Waals surface area contributed by atoms with Crippen LogP contribution in [0.25, 0.3) is 0 Å². The molecule has 108 valence electrons. The SMILES string of the molecule is N#C[C@H]1C(=N)C(C#N)(C#N)[C@H](c2ccsc2)[C@H]2COCC=C12. The number of ether oxygens (including phenoxy) is 1. The molecular formula is C16H12N4OS. The van der Waals surface area contributed by atoms with Crippen LogP contribution in [0.4, 0.5) is 0 Å². The zero-order valence-corrected chi connectivity index (χ0v) is 12.4. The Morgan fingerprint density at radius 1 is 1.32 bits per heavy atom. The molecule has 1 saturated carbocycles. The monoisotopic (exact) mass is 308 g/mol. The van der Waals surface area contributed by atoms with Crippen molar-refractivity contribution in [1.82, 2.24) is 0 Å². The fourth-order valence-electron chi connectivity index (χ4n) is 3.44. The number of hydrogen-bond donors (Lipinski definition) is 1. The Labute approximate surface area is 132 Å². The summed E-state index contributed by atoms with van der Waals surface area (Å²) in [6, 6.07) is 8.05. The summed E-state index contributed by atoms with van der Waals surface area (Å²) in [7, 11) is 0. The molecule has 1 aromatic heterocycles. The van der Waals surface area contributed by atoms with E-state index in [1.54, 1.807) is 0 Å². The largest absolute Gasteiger partial charge is 0.377 e. The lowest BCUT2D eigenvalue weighted by atomic mass is 9.55. The van der Waals surface area contributed by atoms with Gasteiger partial charge in [-0.2, -0.15) is 27.1 Å². The maximum absolute atomic E-state index is 9.71. The van der Waals surface area contributed by atoms with Gasteiger partial charge in [0.25, 0.3) is 0 Å². The summed E-state index contributed by atoms with van der Waals surface area (Å²) < 4.78 is 5.51. The van der Waals surface area contributed by atoms with Gasteiger partial charge in [0.1, 0.15) is 5.92 Å². The van der Waals surface area contributed by atoms with Crippen molar-refractivity contribution in [3.63, 3.8) is 0 Å². The van der Waals surface area contributed by atoms with Crippen molar-refractivity contribution in [2.75, 3.05) is 13.2 Å². The summed E-state index contributed by atoms with van der Waals surface area (Å²) in [5.74, 6) is -1.51. The zero-order chi connectivity index (χ0) is 15.7. The predicted molar refractivity (Wildman–Crippen MR) is 79.9 cm³/mol. The fraction of sp³-hybridized carbons (Fsp3) is 0.375. The van der Waals surface area contributed by atoms with Crippen LogP contribution in [-0.2, 0) is 4.74 Å². The van der Waals surface area contributed by atoms with Crippen LogP contribution in [0.2, 0.25) is 0 Å². The molecule has 22 heavy (non-hydrogen) atoms. The lowest BCUT2D eigenvalue weighted by Crippen LogP contribution is -2.50. The standard InChI is InChI=1S/C16H12N4OS/c17-5-12-11-1-3-21-6-13(11)14(10-2-4-22-7-10)16(8-18,9-19)15(12)20/h1-2,4,7,12-14,20H,3,6H2/t12-,13+,14-/m1/s1. The van der Waals surface area contributed by atoms with Crippen molar-refractivity contribution in [3.05, 3.63) is 34.0 Å². The lowest BCUT2D eigenvalue weighted by molar-refractivity contribution is 0.0951. The van der Waals surface area contributed by atoms with E-state index >= 15 is 0 Å². The molecule has 5 nitrogen and oxygen atoms in total. The van der Waals surface area contributed by atoms with E-state index in [2.05, 4.69) is 6.07 Å². The maximum atomic E-state index is 9.71. The number of fused-ring (bicyclic) bond motifs is 1. The van der Waals surface area contributed by atoms with Crippen LogP contribution in [0.5, 0.6) is 0 Å². The lowest BCUT2D eigenvalue weighted by Gasteiger charge is -2.45. The molecule has 0 radical (unpaired) electrons. The third-order valence-electron chi connectivity index (χ3n) is 4.46. The van der Waals surface area contributed by atoms with E-state index in [1.807, 2.05) is 35.0 Å². The summed E-state index contributed by atoms with van der Waals surface area (Å²) >= 11 is 1.49. The molecule has 1 fully saturated rings. The Morgan fingerprint density at radius 3 is 2.68 bits per heavy atom. The average Bonchev–Trinajstić information content (AvgIpc) is 3.08. The minimum Gasteiger partial charge on any atom is -0.377 e. The highest BCUT2D eigenvalue weighted by Gasteiger charge is 2.57. The Bertz CT molecular complexity index is 746. The molecule has 0 bridgehead atoms. The normalized spacial score (nSPS) is 29.4. The van der Waals surface area contributed by atoms with Crippen LogP contribution in [0.1, 0.15) is 11.5 Å². The van der Waals surface area contributed by atoms with Crippen molar-refractivity contribution in [3.8, 4) is 18.2 Å². The first-order valence-electron chi connectivity index (χ1n) is 6.80. The predicted octanol–water partition coefficient (Wildman–Crippen LogP) is 2.61. The van der Waals surface area contributed by atoms with Gasteiger partial charge in [0.15, 0.2) is 5.41 Å². The number of nitrogens with one attached hydrogen (secondary N) is 1. The Balaban J connectivity index is 2.25. The van der Waals surface area contributed by atoms with Gasteiger partial charge in [0, 0.05) is 11.8 Å². The molecule has 1 aliphatic heterocycles. The number of nitriles is 3. The van der Waals surface area contributed by atoms with Gasteiger partial charge in [0.05, 0.1) is 37.1 Å². The summed E-state index contributed by atoms with van der Waals surface area (Å²) in [5.41, 5.74) is -0.0585. The van der Waals surface area contributed by atoms with Gasteiger partial charge in [-0.05, 0) is 28.0 Å². The van der Waals surface area contributed by atoms with Gasteiger partial charge >= 0.3 is 0 Å². The van der Waals surface area contributed by atoms with Crippen LogP contribution in [0.3, 0.4) is 0 Å². The fourth-order valence-corrected chi connectivity index (χ4v) is 4.14. The van der Waals surface area contributed by atoms with Crippen molar-refractivity contribution in [2.24, 2.45) is 17.3 Å². The summed E-state index contributed by atoms with van der Waals surface area (Å²) in [6.07, 6.45) is 1.83. The van der Waals surface area contributed by atoms with Crippen molar-refractivity contribution in [2.45, 2.75) is 5.92 Å². The number of thiophene rings is 1. The van der Waals surface area contributed by atoms with E-state index in [-0.39, 0.29) is 11.6 Å². The minimum absolute atomic E-state index is 0.111. The van der Waals surface area contributed by atoms with E-state index in [1.165, 1.54) is 11.3 Å². The van der Waals surface area contributed by atoms with Crippen molar-refractivity contribution in [1.29, 1.82) is 21.2 Å². The summed E-state index contributed by atoms with van der Waals surface area (Å²) in [5, 5.41) is 41.0. The molecule has 2 heterocycles. The van der Waals surface area contributed by atoms with E-state index < -0.39 is 17.3 Å². The second kappa shape index (κ2) is 5.39. The molecule has 1 aromatic rings. The van der Waals surface area contributed by atoms with Crippen LogP contribution >= 0.6 is 11.3 Å². The first kappa shape index (κ1) is 14.5.